The van der Waals surface area contributed by atoms with E-state index in [0.29, 0.717) is 44.3 Å². The van der Waals surface area contributed by atoms with Crippen LogP contribution < -0.4 is 15.1 Å². The van der Waals surface area contributed by atoms with Crippen LogP contribution in [0.2, 0.25) is 0 Å². The number of rotatable bonds is 4. The van der Waals surface area contributed by atoms with Crippen molar-refractivity contribution >= 4 is 34.4 Å². The Morgan fingerprint density at radius 3 is 2.03 bits per heavy atom. The predicted octanol–water partition coefficient (Wildman–Crippen LogP) is 2.15. The third-order valence-corrected chi connectivity index (χ3v) is 5.31. The molecule has 156 valence electrons. The van der Waals surface area contributed by atoms with Crippen LogP contribution in [-0.2, 0) is 9.47 Å². The molecule has 2 aliphatic heterocycles. The molecule has 4 heterocycles. The van der Waals surface area contributed by atoms with Crippen molar-refractivity contribution in [2.75, 3.05) is 67.7 Å². The lowest BCUT2D eigenvalue weighted by Crippen LogP contribution is -2.40. The van der Waals surface area contributed by atoms with Gasteiger partial charge in [0, 0.05) is 37.3 Å². The van der Waals surface area contributed by atoms with Gasteiger partial charge in [0.05, 0.1) is 37.6 Å². The Balaban J connectivity index is 1.52. The number of hydrogen-bond donors (Lipinski definition) is 1. The maximum Gasteiger partial charge on any atom is 0.233 e. The van der Waals surface area contributed by atoms with Gasteiger partial charge in [0.25, 0.3) is 0 Å². The molecule has 1 N–H and O–H groups in total. The summed E-state index contributed by atoms with van der Waals surface area (Å²) < 4.78 is 11.0. The smallest absolute Gasteiger partial charge is 0.233 e. The van der Waals surface area contributed by atoms with Gasteiger partial charge in [0.1, 0.15) is 0 Å². The number of benzene rings is 1. The van der Waals surface area contributed by atoms with Gasteiger partial charge in [-0.15, -0.1) is 0 Å². The zero-order valence-corrected chi connectivity index (χ0v) is 17.0. The molecule has 0 saturated carbocycles. The maximum atomic E-state index is 5.49. The van der Waals surface area contributed by atoms with Crippen LogP contribution in [0.15, 0.2) is 30.3 Å². The van der Waals surface area contributed by atoms with Gasteiger partial charge in [0.2, 0.25) is 17.8 Å². The van der Waals surface area contributed by atoms with Crippen molar-refractivity contribution in [1.29, 1.82) is 0 Å². The molecule has 2 fully saturated rings. The summed E-state index contributed by atoms with van der Waals surface area (Å²) in [6, 6.07) is 10.2. The average molecular weight is 407 g/mol. The minimum absolute atomic E-state index is 0.517. The van der Waals surface area contributed by atoms with E-state index in [4.69, 9.17) is 29.4 Å². The second-order valence-electron chi connectivity index (χ2n) is 7.41. The number of aryl methyl sites for hydroxylation is 1. The Kier molecular flexibility index (Phi) is 5.29. The van der Waals surface area contributed by atoms with Gasteiger partial charge in [-0.3, -0.25) is 4.98 Å². The Bertz CT molecular complexity index is 997. The molecule has 9 nitrogen and oxygen atoms in total. The molecule has 9 heteroatoms. The fraction of sp³-hybridized carbons (Fsp3) is 0.429. The molecular weight excluding hydrogens is 382 g/mol. The fourth-order valence-corrected chi connectivity index (χ4v) is 3.69. The van der Waals surface area contributed by atoms with Gasteiger partial charge in [-0.05, 0) is 19.1 Å². The van der Waals surface area contributed by atoms with Crippen LogP contribution in [0.3, 0.4) is 0 Å². The first-order valence-electron chi connectivity index (χ1n) is 10.3. The number of aromatic nitrogens is 4. The monoisotopic (exact) mass is 407 g/mol. The first-order valence-corrected chi connectivity index (χ1v) is 10.3. The van der Waals surface area contributed by atoms with Gasteiger partial charge < -0.3 is 24.6 Å². The summed E-state index contributed by atoms with van der Waals surface area (Å²) in [5.74, 6) is 1.85. The van der Waals surface area contributed by atoms with Crippen molar-refractivity contribution in [3.63, 3.8) is 0 Å². The first-order chi connectivity index (χ1) is 14.8. The van der Waals surface area contributed by atoms with E-state index in [1.54, 1.807) is 0 Å². The minimum atomic E-state index is 0.517. The fourth-order valence-electron chi connectivity index (χ4n) is 3.69. The highest BCUT2D eigenvalue weighted by Crippen LogP contribution is 2.26. The van der Waals surface area contributed by atoms with E-state index in [1.807, 2.05) is 25.1 Å². The molecule has 2 saturated heterocycles. The van der Waals surface area contributed by atoms with Crippen LogP contribution in [0.5, 0.6) is 0 Å². The third-order valence-electron chi connectivity index (χ3n) is 5.31. The number of hydrogen-bond acceptors (Lipinski definition) is 9. The van der Waals surface area contributed by atoms with Crippen molar-refractivity contribution in [2.24, 2.45) is 0 Å². The normalized spacial score (nSPS) is 17.4. The molecule has 3 aromatic rings. The van der Waals surface area contributed by atoms with E-state index >= 15 is 0 Å². The zero-order chi connectivity index (χ0) is 20.3. The predicted molar refractivity (Wildman–Crippen MR) is 116 cm³/mol. The molecule has 0 atom stereocenters. The van der Waals surface area contributed by atoms with E-state index in [-0.39, 0.29) is 0 Å². The highest BCUT2D eigenvalue weighted by Gasteiger charge is 2.21. The van der Waals surface area contributed by atoms with Crippen LogP contribution in [0.4, 0.5) is 23.5 Å². The molecule has 2 aromatic heterocycles. The summed E-state index contributed by atoms with van der Waals surface area (Å²) in [5.41, 5.74) is 2.75. The summed E-state index contributed by atoms with van der Waals surface area (Å²) in [6.45, 7) is 7.75. The summed E-state index contributed by atoms with van der Waals surface area (Å²) in [4.78, 5) is 23.2. The number of anilines is 4. The van der Waals surface area contributed by atoms with E-state index in [1.165, 1.54) is 0 Å². The molecule has 0 radical (unpaired) electrons. The summed E-state index contributed by atoms with van der Waals surface area (Å²) >= 11 is 0. The van der Waals surface area contributed by atoms with Gasteiger partial charge in [0.15, 0.2) is 0 Å². The van der Waals surface area contributed by atoms with Crippen LogP contribution >= 0.6 is 0 Å². The van der Waals surface area contributed by atoms with Gasteiger partial charge >= 0.3 is 0 Å². The summed E-state index contributed by atoms with van der Waals surface area (Å²) in [6.07, 6.45) is 0. The quantitative estimate of drug-likeness (QED) is 0.699. The Morgan fingerprint density at radius 1 is 0.767 bits per heavy atom. The van der Waals surface area contributed by atoms with E-state index in [0.717, 1.165) is 48.5 Å². The van der Waals surface area contributed by atoms with Crippen LogP contribution in [-0.4, -0.2) is 72.5 Å². The van der Waals surface area contributed by atoms with Crippen molar-refractivity contribution in [3.8, 4) is 0 Å². The molecule has 0 amide bonds. The number of fused-ring (bicyclic) bond motifs is 1. The average Bonchev–Trinajstić information content (AvgIpc) is 2.80. The lowest BCUT2D eigenvalue weighted by molar-refractivity contribution is 0.121. The Labute approximate surface area is 175 Å². The SMILES string of the molecule is Cc1ccc2cccc(Nc3nc(N4CCOCC4)nc(N4CCOCC4)n3)c2n1. The van der Waals surface area contributed by atoms with E-state index in [2.05, 4.69) is 27.2 Å². The molecule has 0 unspecified atom stereocenters. The van der Waals surface area contributed by atoms with E-state index in [9.17, 15) is 0 Å². The molecule has 0 spiro atoms. The van der Waals surface area contributed by atoms with Crippen molar-refractivity contribution in [3.05, 3.63) is 36.0 Å². The topological polar surface area (TPSA) is 88.5 Å². The molecule has 2 aliphatic rings. The standard InChI is InChI=1S/C21H25N7O2/c1-15-5-6-16-3-2-4-17(18(16)22-15)23-19-24-20(27-7-11-29-12-8-27)26-21(25-19)28-9-13-30-14-10-28/h2-6H,7-14H2,1H3,(H,23,24,25,26). The number of nitrogens with one attached hydrogen (secondary N) is 1. The highest BCUT2D eigenvalue weighted by molar-refractivity contribution is 5.91. The highest BCUT2D eigenvalue weighted by atomic mass is 16.5. The summed E-state index contributed by atoms with van der Waals surface area (Å²) in [7, 11) is 0. The van der Waals surface area contributed by atoms with Crippen LogP contribution in [0, 0.1) is 6.92 Å². The number of pyridine rings is 1. The van der Waals surface area contributed by atoms with Crippen molar-refractivity contribution in [2.45, 2.75) is 6.92 Å². The van der Waals surface area contributed by atoms with E-state index < -0.39 is 0 Å². The second-order valence-corrected chi connectivity index (χ2v) is 7.41. The minimum Gasteiger partial charge on any atom is -0.378 e. The lowest BCUT2D eigenvalue weighted by Gasteiger charge is -2.30. The molecule has 30 heavy (non-hydrogen) atoms. The Hall–Kier alpha value is -3.04. The molecular formula is C21H25N7O2. The number of nitrogens with zero attached hydrogens (tertiary/aromatic N) is 6. The second kappa shape index (κ2) is 8.37. The van der Waals surface area contributed by atoms with Crippen molar-refractivity contribution < 1.29 is 9.47 Å². The molecule has 5 rings (SSSR count). The zero-order valence-electron chi connectivity index (χ0n) is 17.0. The molecule has 1 aromatic carbocycles. The molecule has 0 bridgehead atoms. The van der Waals surface area contributed by atoms with Crippen LogP contribution in [0.1, 0.15) is 5.69 Å². The Morgan fingerprint density at radius 2 is 1.40 bits per heavy atom. The lowest BCUT2D eigenvalue weighted by atomic mass is 10.2. The third kappa shape index (κ3) is 3.99. The first kappa shape index (κ1) is 19.0. The molecule has 0 aliphatic carbocycles. The number of ether oxygens (including phenoxy) is 2. The van der Waals surface area contributed by atoms with Gasteiger partial charge in [-0.1, -0.05) is 18.2 Å². The maximum absolute atomic E-state index is 5.49. The van der Waals surface area contributed by atoms with Gasteiger partial charge in [-0.2, -0.15) is 15.0 Å². The number of para-hydroxylation sites is 1. The van der Waals surface area contributed by atoms with Crippen LogP contribution in [0.25, 0.3) is 10.9 Å². The van der Waals surface area contributed by atoms with Crippen molar-refractivity contribution in [1.82, 2.24) is 19.9 Å². The van der Waals surface area contributed by atoms with Gasteiger partial charge in [-0.25, -0.2) is 0 Å². The largest absolute Gasteiger partial charge is 0.378 e. The number of morpholine rings is 2. The summed E-state index contributed by atoms with van der Waals surface area (Å²) in [5, 5.41) is 4.46.